The van der Waals surface area contributed by atoms with Crippen LogP contribution in [0.15, 0.2) is 42.5 Å². The molecule has 2 heterocycles. The van der Waals surface area contributed by atoms with Crippen molar-refractivity contribution < 1.29 is 13.2 Å². The van der Waals surface area contributed by atoms with Gasteiger partial charge in [0.25, 0.3) is 5.91 Å². The van der Waals surface area contributed by atoms with Gasteiger partial charge in [0.05, 0.1) is 22.2 Å². The van der Waals surface area contributed by atoms with Crippen molar-refractivity contribution >= 4 is 48.3 Å². The summed E-state index contributed by atoms with van der Waals surface area (Å²) in [5.74, 6) is -0.159. The first kappa shape index (κ1) is 17.9. The molecule has 0 bridgehead atoms. The fraction of sp³-hybridized carbons (Fsp3) is 0.263. The van der Waals surface area contributed by atoms with Crippen LogP contribution < -0.4 is 9.21 Å². The van der Waals surface area contributed by atoms with Crippen LogP contribution in [0.25, 0.3) is 10.2 Å². The summed E-state index contributed by atoms with van der Waals surface area (Å²) in [5.41, 5.74) is 2.95. The molecule has 27 heavy (non-hydrogen) atoms. The maximum absolute atomic E-state index is 12.9. The van der Waals surface area contributed by atoms with Crippen LogP contribution in [0.1, 0.15) is 22.3 Å². The number of benzene rings is 2. The third-order valence-electron chi connectivity index (χ3n) is 4.68. The van der Waals surface area contributed by atoms with E-state index in [-0.39, 0.29) is 5.91 Å². The van der Waals surface area contributed by atoms with Crippen LogP contribution in [-0.4, -0.2) is 39.2 Å². The number of amides is 1. The zero-order valence-corrected chi connectivity index (χ0v) is 16.7. The summed E-state index contributed by atoms with van der Waals surface area (Å²) in [4.78, 5) is 19.0. The van der Waals surface area contributed by atoms with Crippen molar-refractivity contribution in [3.8, 4) is 0 Å². The number of fused-ring (bicyclic) bond motifs is 2. The van der Waals surface area contributed by atoms with E-state index in [2.05, 4.69) is 4.98 Å². The maximum Gasteiger partial charge on any atom is 0.259 e. The van der Waals surface area contributed by atoms with Crippen molar-refractivity contribution in [2.45, 2.75) is 12.8 Å². The highest BCUT2D eigenvalue weighted by Gasteiger charge is 2.25. The summed E-state index contributed by atoms with van der Waals surface area (Å²) in [7, 11) is -1.61. The molecule has 3 aromatic rings. The smallest absolute Gasteiger partial charge is 0.259 e. The average molecular weight is 402 g/mol. The molecule has 0 N–H and O–H groups in total. The summed E-state index contributed by atoms with van der Waals surface area (Å²) in [6, 6.07) is 13.0. The van der Waals surface area contributed by atoms with Gasteiger partial charge in [-0.15, -0.1) is 0 Å². The molecule has 8 heteroatoms. The largest absolute Gasteiger partial charge is 0.287 e. The summed E-state index contributed by atoms with van der Waals surface area (Å²) >= 11 is 1.47. The van der Waals surface area contributed by atoms with Crippen LogP contribution in [0.5, 0.6) is 0 Å². The molecule has 4 rings (SSSR count). The number of rotatable bonds is 3. The third kappa shape index (κ3) is 3.30. The Bertz CT molecular complexity index is 1110. The van der Waals surface area contributed by atoms with Crippen LogP contribution in [0.2, 0.25) is 0 Å². The van der Waals surface area contributed by atoms with E-state index in [1.165, 1.54) is 21.9 Å². The Labute approximate surface area is 162 Å². The number of carbonyl (C=O) groups is 1. The number of aromatic nitrogens is 1. The van der Waals surface area contributed by atoms with E-state index in [1.54, 1.807) is 30.1 Å². The molecular weight excluding hydrogens is 382 g/mol. The minimum atomic E-state index is -3.32. The molecular formula is C19H19N3O3S2. The normalized spacial score (nSPS) is 14.2. The molecule has 1 aromatic heterocycles. The molecule has 6 nitrogen and oxygen atoms in total. The third-order valence-corrected chi connectivity index (χ3v) is 6.97. The van der Waals surface area contributed by atoms with Gasteiger partial charge in [-0.3, -0.25) is 14.0 Å². The Morgan fingerprint density at radius 3 is 2.74 bits per heavy atom. The molecule has 0 atom stereocenters. The lowest BCUT2D eigenvalue weighted by atomic mass is 10.0. The van der Waals surface area contributed by atoms with Gasteiger partial charge in [0.1, 0.15) is 0 Å². The van der Waals surface area contributed by atoms with Crippen LogP contribution in [0.3, 0.4) is 0 Å². The maximum atomic E-state index is 12.9. The van der Waals surface area contributed by atoms with Crippen molar-refractivity contribution in [3.05, 3.63) is 53.6 Å². The molecule has 1 aliphatic rings. The zero-order valence-electron chi connectivity index (χ0n) is 15.0. The molecule has 2 aromatic carbocycles. The number of anilines is 2. The zero-order chi connectivity index (χ0) is 19.2. The molecule has 0 spiro atoms. The molecule has 0 fully saturated rings. The second-order valence-corrected chi connectivity index (χ2v) is 9.53. The Morgan fingerprint density at radius 1 is 1.22 bits per heavy atom. The summed E-state index contributed by atoms with van der Waals surface area (Å²) in [6.45, 7) is 0.477. The number of thiazole rings is 1. The van der Waals surface area contributed by atoms with E-state index >= 15 is 0 Å². The Hall–Kier alpha value is -2.45. The van der Waals surface area contributed by atoms with Crippen molar-refractivity contribution in [3.63, 3.8) is 0 Å². The van der Waals surface area contributed by atoms with Crippen LogP contribution in [-0.2, 0) is 16.4 Å². The van der Waals surface area contributed by atoms with E-state index in [0.717, 1.165) is 28.6 Å². The lowest BCUT2D eigenvalue weighted by Crippen LogP contribution is -2.35. The highest BCUT2D eigenvalue weighted by atomic mass is 32.2. The molecule has 1 aliphatic heterocycles. The Kier molecular flexibility index (Phi) is 4.39. The van der Waals surface area contributed by atoms with E-state index in [0.29, 0.717) is 22.9 Å². The van der Waals surface area contributed by atoms with Crippen molar-refractivity contribution in [2.24, 2.45) is 0 Å². The van der Waals surface area contributed by atoms with Crippen LogP contribution in [0.4, 0.5) is 10.8 Å². The van der Waals surface area contributed by atoms with Gasteiger partial charge >= 0.3 is 0 Å². The number of nitrogens with zero attached hydrogens (tertiary/aromatic N) is 3. The molecule has 0 saturated carbocycles. The number of sulfonamides is 1. The van der Waals surface area contributed by atoms with Crippen molar-refractivity contribution in [1.29, 1.82) is 0 Å². The van der Waals surface area contributed by atoms with E-state index in [9.17, 15) is 13.2 Å². The Balaban J connectivity index is 1.66. The molecule has 0 unspecified atom stereocenters. The summed E-state index contributed by atoms with van der Waals surface area (Å²) in [5, 5.41) is 0.636. The van der Waals surface area contributed by atoms with Gasteiger partial charge < -0.3 is 0 Å². The number of para-hydroxylation sites is 1. The molecule has 1 amide bonds. The fourth-order valence-corrected chi connectivity index (χ4v) is 5.25. The topological polar surface area (TPSA) is 70.6 Å². The second kappa shape index (κ2) is 6.61. The number of carbonyl (C=O) groups excluding carboxylic acids is 1. The lowest BCUT2D eigenvalue weighted by Gasteiger charge is -2.29. The molecule has 0 radical (unpaired) electrons. The fourth-order valence-electron chi connectivity index (χ4n) is 3.32. The SMILES string of the molecule is CN(C(=O)c1ccc2c(c1)CCCN2S(C)(=O)=O)c1nc2ccccc2s1. The van der Waals surface area contributed by atoms with Gasteiger partial charge in [-0.1, -0.05) is 23.5 Å². The predicted molar refractivity (Wildman–Crippen MR) is 109 cm³/mol. The van der Waals surface area contributed by atoms with Crippen molar-refractivity contribution in [1.82, 2.24) is 4.98 Å². The standard InChI is InChI=1S/C19H19N3O3S2/c1-21(19-20-15-7-3-4-8-17(15)26-19)18(23)14-9-10-16-13(12-14)6-5-11-22(16)27(2,24)25/h3-4,7-10,12H,5-6,11H2,1-2H3. The first-order chi connectivity index (χ1) is 12.8. The molecule has 140 valence electrons. The van der Waals surface area contributed by atoms with Gasteiger partial charge in [0.2, 0.25) is 10.0 Å². The van der Waals surface area contributed by atoms with Gasteiger partial charge in [0, 0.05) is 19.2 Å². The number of aryl methyl sites for hydroxylation is 1. The predicted octanol–water partition coefficient (Wildman–Crippen LogP) is 3.29. The van der Waals surface area contributed by atoms with Gasteiger partial charge in [-0.25, -0.2) is 13.4 Å². The van der Waals surface area contributed by atoms with E-state index in [1.807, 2.05) is 24.3 Å². The van der Waals surface area contributed by atoms with Gasteiger partial charge in [0.15, 0.2) is 5.13 Å². The van der Waals surface area contributed by atoms with Crippen molar-refractivity contribution in [2.75, 3.05) is 29.1 Å². The van der Waals surface area contributed by atoms with E-state index < -0.39 is 10.0 Å². The quantitative estimate of drug-likeness (QED) is 0.675. The molecule has 0 saturated heterocycles. The van der Waals surface area contributed by atoms with Crippen LogP contribution >= 0.6 is 11.3 Å². The van der Waals surface area contributed by atoms with E-state index in [4.69, 9.17) is 0 Å². The highest BCUT2D eigenvalue weighted by Crippen LogP contribution is 2.32. The Morgan fingerprint density at radius 2 is 2.00 bits per heavy atom. The minimum Gasteiger partial charge on any atom is -0.287 e. The van der Waals surface area contributed by atoms with Crippen LogP contribution in [0, 0.1) is 0 Å². The second-order valence-electron chi connectivity index (χ2n) is 6.61. The first-order valence-corrected chi connectivity index (χ1v) is 11.3. The number of hydrogen-bond donors (Lipinski definition) is 0. The van der Waals surface area contributed by atoms with Gasteiger partial charge in [-0.05, 0) is 48.7 Å². The van der Waals surface area contributed by atoms with Gasteiger partial charge in [-0.2, -0.15) is 0 Å². The first-order valence-electron chi connectivity index (χ1n) is 8.59. The average Bonchev–Trinajstić information content (AvgIpc) is 3.09. The monoisotopic (exact) mass is 401 g/mol. The molecule has 0 aliphatic carbocycles. The highest BCUT2D eigenvalue weighted by molar-refractivity contribution is 7.92. The number of hydrogen-bond acceptors (Lipinski definition) is 5. The minimum absolute atomic E-state index is 0.159. The summed E-state index contributed by atoms with van der Waals surface area (Å²) < 4.78 is 26.4. The summed E-state index contributed by atoms with van der Waals surface area (Å²) in [6.07, 6.45) is 2.71. The lowest BCUT2D eigenvalue weighted by molar-refractivity contribution is 0.0993.